The zero-order valence-corrected chi connectivity index (χ0v) is 18.6. The molecule has 2 rings (SSSR count). The second-order valence-corrected chi connectivity index (χ2v) is 8.26. The fourth-order valence-corrected chi connectivity index (χ4v) is 2.95. The van der Waals surface area contributed by atoms with E-state index in [9.17, 15) is 14.4 Å². The van der Waals surface area contributed by atoms with Gasteiger partial charge in [0.05, 0.1) is 23.3 Å². The number of Topliss-reactive ketones (excluding diaryl/α,β-unsaturated/α-hetero) is 1. The number of benzene rings is 2. The third-order valence-corrected chi connectivity index (χ3v) is 4.33. The van der Waals surface area contributed by atoms with Crippen molar-refractivity contribution >= 4 is 29.3 Å². The van der Waals surface area contributed by atoms with Crippen LogP contribution >= 0.6 is 11.6 Å². The molecule has 160 valence electrons. The molecule has 1 atom stereocenters. The van der Waals surface area contributed by atoms with Gasteiger partial charge in [-0.1, -0.05) is 11.6 Å². The van der Waals surface area contributed by atoms with Gasteiger partial charge < -0.3 is 14.2 Å². The van der Waals surface area contributed by atoms with Crippen LogP contribution in [-0.2, 0) is 9.47 Å². The summed E-state index contributed by atoms with van der Waals surface area (Å²) in [4.78, 5) is 37.5. The largest absolute Gasteiger partial charge is 0.495 e. The predicted molar refractivity (Wildman–Crippen MR) is 114 cm³/mol. The van der Waals surface area contributed by atoms with Gasteiger partial charge in [-0.25, -0.2) is 9.59 Å². The Morgan fingerprint density at radius 2 is 1.53 bits per heavy atom. The van der Waals surface area contributed by atoms with Gasteiger partial charge in [0.1, 0.15) is 11.4 Å². The summed E-state index contributed by atoms with van der Waals surface area (Å²) in [6.45, 7) is 8.50. The number of aryl methyl sites for hydroxylation is 1. The van der Waals surface area contributed by atoms with Crippen molar-refractivity contribution in [3.05, 3.63) is 63.7 Å². The van der Waals surface area contributed by atoms with E-state index in [1.54, 1.807) is 52.0 Å². The van der Waals surface area contributed by atoms with E-state index < -0.39 is 29.4 Å². The molecule has 0 aliphatic heterocycles. The number of rotatable bonds is 6. The number of methoxy groups -OCH3 is 1. The highest BCUT2D eigenvalue weighted by atomic mass is 35.5. The molecule has 0 radical (unpaired) electrons. The molecule has 0 heterocycles. The van der Waals surface area contributed by atoms with Gasteiger partial charge in [0.2, 0.25) is 5.78 Å². The molecular formula is C23H25ClO6. The first kappa shape index (κ1) is 23.4. The molecular weight excluding hydrogens is 408 g/mol. The second-order valence-electron chi connectivity index (χ2n) is 7.85. The zero-order valence-electron chi connectivity index (χ0n) is 17.9. The van der Waals surface area contributed by atoms with E-state index in [-0.39, 0.29) is 16.1 Å². The molecule has 2 aromatic rings. The lowest BCUT2D eigenvalue weighted by Crippen LogP contribution is -2.25. The summed E-state index contributed by atoms with van der Waals surface area (Å²) in [5.41, 5.74) is 0.703. The molecule has 0 saturated carbocycles. The van der Waals surface area contributed by atoms with Crippen LogP contribution in [0.2, 0.25) is 5.02 Å². The third-order valence-electron chi connectivity index (χ3n) is 4.04. The number of ether oxygens (including phenoxy) is 3. The highest BCUT2D eigenvalue weighted by molar-refractivity contribution is 6.32. The van der Waals surface area contributed by atoms with Crippen molar-refractivity contribution in [1.82, 2.24) is 0 Å². The molecule has 0 saturated heterocycles. The van der Waals surface area contributed by atoms with E-state index in [4.69, 9.17) is 25.8 Å². The minimum absolute atomic E-state index is 0.156. The highest BCUT2D eigenvalue weighted by Crippen LogP contribution is 2.26. The van der Waals surface area contributed by atoms with E-state index in [1.807, 2.05) is 0 Å². The van der Waals surface area contributed by atoms with Crippen molar-refractivity contribution in [3.63, 3.8) is 0 Å². The number of carbonyl (C=O) groups excluding carboxylic acids is 3. The number of carbonyl (C=O) groups is 3. The Balaban J connectivity index is 2.17. The third kappa shape index (κ3) is 6.07. The number of hydrogen-bond acceptors (Lipinski definition) is 6. The molecule has 2 aromatic carbocycles. The molecule has 0 amide bonds. The van der Waals surface area contributed by atoms with Crippen LogP contribution in [0, 0.1) is 6.92 Å². The van der Waals surface area contributed by atoms with Gasteiger partial charge in [-0.3, -0.25) is 4.79 Å². The van der Waals surface area contributed by atoms with E-state index in [2.05, 4.69) is 0 Å². The standard InChI is InChI=1S/C23H25ClO6/c1-13-9-16(11-17(10-13)22(27)30-23(3,4)5)21(26)29-14(2)20(25)15-7-8-19(28-6)18(24)12-15/h7-12,14H,1-6H3. The minimum atomic E-state index is -1.05. The molecule has 0 aliphatic rings. The van der Waals surface area contributed by atoms with E-state index >= 15 is 0 Å². The summed E-state index contributed by atoms with van der Waals surface area (Å²) in [5, 5.41) is 0.280. The molecule has 30 heavy (non-hydrogen) atoms. The van der Waals surface area contributed by atoms with Crippen LogP contribution in [-0.4, -0.2) is 36.5 Å². The van der Waals surface area contributed by atoms with E-state index in [0.29, 0.717) is 16.9 Å². The van der Waals surface area contributed by atoms with Gasteiger partial charge in [0.25, 0.3) is 0 Å². The fraction of sp³-hybridized carbons (Fsp3) is 0.348. The average molecular weight is 433 g/mol. The lowest BCUT2D eigenvalue weighted by atomic mass is 10.1. The molecule has 0 N–H and O–H groups in total. The van der Waals surface area contributed by atoms with Crippen LogP contribution < -0.4 is 4.74 Å². The molecule has 7 heteroatoms. The average Bonchev–Trinajstić information content (AvgIpc) is 2.65. The van der Waals surface area contributed by atoms with Gasteiger partial charge >= 0.3 is 11.9 Å². The Morgan fingerprint density at radius 1 is 0.933 bits per heavy atom. The summed E-state index contributed by atoms with van der Waals surface area (Å²) in [5.74, 6) is -1.23. The van der Waals surface area contributed by atoms with Crippen LogP contribution in [0.15, 0.2) is 36.4 Å². The minimum Gasteiger partial charge on any atom is -0.495 e. The molecule has 6 nitrogen and oxygen atoms in total. The SMILES string of the molecule is COc1ccc(C(=O)C(C)OC(=O)c2cc(C)cc(C(=O)OC(C)(C)C)c2)cc1Cl. The summed E-state index contributed by atoms with van der Waals surface area (Å²) in [6, 6.07) is 9.17. The first-order valence-electron chi connectivity index (χ1n) is 9.35. The highest BCUT2D eigenvalue weighted by Gasteiger charge is 2.23. The van der Waals surface area contributed by atoms with E-state index in [1.165, 1.54) is 26.2 Å². The Hall–Kier alpha value is -2.86. The Bertz CT molecular complexity index is 974. The number of esters is 2. The van der Waals surface area contributed by atoms with Crippen LogP contribution in [0.5, 0.6) is 5.75 Å². The molecule has 0 spiro atoms. The first-order valence-corrected chi connectivity index (χ1v) is 9.73. The summed E-state index contributed by atoms with van der Waals surface area (Å²) >= 11 is 6.06. The maximum Gasteiger partial charge on any atom is 0.338 e. The molecule has 0 aliphatic carbocycles. The second kappa shape index (κ2) is 9.30. The molecule has 0 aromatic heterocycles. The van der Waals surface area contributed by atoms with Crippen molar-refractivity contribution in [2.75, 3.05) is 7.11 Å². The lowest BCUT2D eigenvalue weighted by molar-refractivity contribution is 0.00692. The molecule has 0 fully saturated rings. The van der Waals surface area contributed by atoms with Crippen LogP contribution in [0.25, 0.3) is 0 Å². The summed E-state index contributed by atoms with van der Waals surface area (Å²) in [7, 11) is 1.47. The Kier molecular flexibility index (Phi) is 7.26. The maximum absolute atomic E-state index is 12.6. The van der Waals surface area contributed by atoms with Crippen molar-refractivity contribution in [3.8, 4) is 5.75 Å². The monoisotopic (exact) mass is 432 g/mol. The summed E-state index contributed by atoms with van der Waals surface area (Å²) < 4.78 is 15.7. The van der Waals surface area contributed by atoms with Gasteiger partial charge in [-0.15, -0.1) is 0 Å². The topological polar surface area (TPSA) is 78.9 Å². The normalized spacial score (nSPS) is 12.1. The Labute approximate surface area is 181 Å². The number of ketones is 1. The smallest absolute Gasteiger partial charge is 0.338 e. The van der Waals surface area contributed by atoms with Crippen LogP contribution in [0.3, 0.4) is 0 Å². The van der Waals surface area contributed by atoms with Gasteiger partial charge in [0.15, 0.2) is 6.10 Å². The zero-order chi connectivity index (χ0) is 22.6. The Morgan fingerprint density at radius 3 is 2.07 bits per heavy atom. The van der Waals surface area contributed by atoms with Gasteiger partial charge in [-0.2, -0.15) is 0 Å². The van der Waals surface area contributed by atoms with Crippen molar-refractivity contribution < 1.29 is 28.6 Å². The van der Waals surface area contributed by atoms with Crippen molar-refractivity contribution in [1.29, 1.82) is 0 Å². The molecule has 0 bridgehead atoms. The van der Waals surface area contributed by atoms with E-state index in [0.717, 1.165) is 0 Å². The van der Waals surface area contributed by atoms with Crippen molar-refractivity contribution in [2.24, 2.45) is 0 Å². The molecule has 1 unspecified atom stereocenters. The van der Waals surface area contributed by atoms with Gasteiger partial charge in [-0.05, 0) is 76.6 Å². The number of hydrogen-bond donors (Lipinski definition) is 0. The summed E-state index contributed by atoms with van der Waals surface area (Å²) in [6.07, 6.45) is -1.05. The maximum atomic E-state index is 12.6. The van der Waals surface area contributed by atoms with Crippen LogP contribution in [0.4, 0.5) is 0 Å². The first-order chi connectivity index (χ1) is 13.9. The fourth-order valence-electron chi connectivity index (χ4n) is 2.69. The lowest BCUT2D eigenvalue weighted by Gasteiger charge is -2.20. The number of halogens is 1. The van der Waals surface area contributed by atoms with Crippen molar-refractivity contribution in [2.45, 2.75) is 46.3 Å². The predicted octanol–water partition coefficient (Wildman–Crippen LogP) is 5.04. The van der Waals surface area contributed by atoms with Gasteiger partial charge in [0, 0.05) is 5.56 Å². The quantitative estimate of drug-likeness (QED) is 0.470. The van der Waals surface area contributed by atoms with Crippen LogP contribution in [0.1, 0.15) is 64.3 Å².